The molecule has 0 saturated carbocycles. The number of hydrogen-bond acceptors (Lipinski definition) is 5. The molecule has 0 aliphatic carbocycles. The zero-order valence-corrected chi connectivity index (χ0v) is 23.1. The molecule has 39 heavy (non-hydrogen) atoms. The van der Waals surface area contributed by atoms with Gasteiger partial charge in [-0.15, -0.1) is 11.8 Å². The molecule has 3 aromatic rings. The number of carbonyl (C=O) groups excluding carboxylic acids is 2. The van der Waals surface area contributed by atoms with E-state index < -0.39 is 22.4 Å². The molecule has 5 rings (SSSR count). The van der Waals surface area contributed by atoms with Crippen molar-refractivity contribution in [2.75, 3.05) is 30.3 Å². The van der Waals surface area contributed by atoms with Crippen LogP contribution >= 0.6 is 11.8 Å². The molecule has 0 radical (unpaired) electrons. The van der Waals surface area contributed by atoms with Gasteiger partial charge in [0.25, 0.3) is 0 Å². The average Bonchev–Trinajstić information content (AvgIpc) is 3.53. The van der Waals surface area contributed by atoms with Crippen molar-refractivity contribution < 1.29 is 23.1 Å². The molecule has 0 bridgehead atoms. The standard InChI is InChI=1S/C29H32F2N4O3S/c1-29(2,3)35-28-25(26(33-35)18-8-5-4-6-9-18)27(21-12-11-19(30)14-22(21)31)39-17-24(37)34(28)16-23(36)32-15-20-10-7-13-38-20/h4-6,8-9,11-12,14,20,27H,7,10,13,15-17H2,1-3H3,(H,32,36)/t20-,27+/m0/s1. The number of aromatic nitrogens is 2. The summed E-state index contributed by atoms with van der Waals surface area (Å²) < 4.78 is 36.5. The SMILES string of the molecule is CC(C)(C)n1nc(-c2ccccc2)c2c1N(CC(=O)NC[C@@H]1CCCO1)C(=O)CS[C@@H]2c1ccc(F)cc1F. The van der Waals surface area contributed by atoms with Gasteiger partial charge in [-0.1, -0.05) is 36.4 Å². The lowest BCUT2D eigenvalue weighted by Gasteiger charge is -2.29. The molecular weight excluding hydrogens is 522 g/mol. The number of fused-ring (bicyclic) bond motifs is 1. The highest BCUT2D eigenvalue weighted by Gasteiger charge is 2.40. The van der Waals surface area contributed by atoms with Gasteiger partial charge >= 0.3 is 0 Å². The molecule has 2 aliphatic rings. The molecule has 2 amide bonds. The molecule has 2 aliphatic heterocycles. The second-order valence-electron chi connectivity index (χ2n) is 10.8. The smallest absolute Gasteiger partial charge is 0.240 e. The molecule has 206 valence electrons. The molecule has 0 unspecified atom stereocenters. The molecule has 1 fully saturated rings. The van der Waals surface area contributed by atoms with Gasteiger partial charge in [0.1, 0.15) is 24.0 Å². The van der Waals surface area contributed by atoms with Crippen molar-refractivity contribution in [3.63, 3.8) is 0 Å². The number of thioether (sulfide) groups is 1. The fraction of sp³-hybridized carbons (Fsp3) is 0.414. The van der Waals surface area contributed by atoms with Gasteiger partial charge in [0.15, 0.2) is 0 Å². The summed E-state index contributed by atoms with van der Waals surface area (Å²) in [4.78, 5) is 28.2. The highest BCUT2D eigenvalue weighted by Crippen LogP contribution is 2.49. The number of nitrogens with zero attached hydrogens (tertiary/aromatic N) is 3. The Bertz CT molecular complexity index is 1370. The van der Waals surface area contributed by atoms with E-state index in [2.05, 4.69) is 5.32 Å². The van der Waals surface area contributed by atoms with Crippen LogP contribution < -0.4 is 10.2 Å². The maximum atomic E-state index is 15.2. The fourth-order valence-corrected chi connectivity index (χ4v) is 6.21. The van der Waals surface area contributed by atoms with Gasteiger partial charge in [0, 0.05) is 35.9 Å². The van der Waals surface area contributed by atoms with Gasteiger partial charge in [0.2, 0.25) is 11.8 Å². The van der Waals surface area contributed by atoms with E-state index in [-0.39, 0.29) is 35.8 Å². The van der Waals surface area contributed by atoms with Gasteiger partial charge in [-0.25, -0.2) is 13.5 Å². The molecule has 2 atom stereocenters. The summed E-state index contributed by atoms with van der Waals surface area (Å²) in [6.07, 6.45) is 1.81. The van der Waals surface area contributed by atoms with Crippen molar-refractivity contribution in [3.8, 4) is 11.3 Å². The van der Waals surface area contributed by atoms with E-state index in [0.717, 1.165) is 24.5 Å². The van der Waals surface area contributed by atoms with Crippen LogP contribution in [0.4, 0.5) is 14.6 Å². The molecule has 7 nitrogen and oxygen atoms in total. The van der Waals surface area contributed by atoms with Crippen LogP contribution in [-0.2, 0) is 19.9 Å². The van der Waals surface area contributed by atoms with Gasteiger partial charge in [-0.05, 0) is 39.7 Å². The summed E-state index contributed by atoms with van der Waals surface area (Å²) in [5.41, 5.74) is 1.67. The third-order valence-corrected chi connectivity index (χ3v) is 8.11. The van der Waals surface area contributed by atoms with Gasteiger partial charge in [0.05, 0.1) is 28.3 Å². The lowest BCUT2D eigenvalue weighted by atomic mass is 9.98. The van der Waals surface area contributed by atoms with E-state index in [9.17, 15) is 14.0 Å². The van der Waals surface area contributed by atoms with Crippen LogP contribution in [0.15, 0.2) is 48.5 Å². The van der Waals surface area contributed by atoms with Crippen molar-refractivity contribution >= 4 is 29.4 Å². The predicted molar refractivity (Wildman–Crippen MR) is 148 cm³/mol. The number of benzene rings is 2. The number of anilines is 1. The molecule has 10 heteroatoms. The lowest BCUT2D eigenvalue weighted by molar-refractivity contribution is -0.123. The topological polar surface area (TPSA) is 76.5 Å². The Kier molecular flexibility index (Phi) is 7.77. The van der Waals surface area contributed by atoms with Gasteiger partial charge in [-0.3, -0.25) is 14.5 Å². The summed E-state index contributed by atoms with van der Waals surface area (Å²) in [6.45, 7) is 6.72. The third-order valence-electron chi connectivity index (χ3n) is 6.87. The average molecular weight is 555 g/mol. The monoisotopic (exact) mass is 554 g/mol. The minimum absolute atomic E-state index is 0.00749. The van der Waals surface area contributed by atoms with E-state index in [1.54, 1.807) is 4.68 Å². The summed E-state index contributed by atoms with van der Waals surface area (Å²) in [5, 5.41) is 7.21. The van der Waals surface area contributed by atoms with E-state index in [0.29, 0.717) is 30.2 Å². The Balaban J connectivity index is 1.65. The van der Waals surface area contributed by atoms with Gasteiger partial charge in [-0.2, -0.15) is 5.10 Å². The molecule has 0 spiro atoms. The molecule has 2 aromatic carbocycles. The third kappa shape index (κ3) is 5.72. The first-order valence-corrected chi connectivity index (χ1v) is 14.1. The molecule has 1 aromatic heterocycles. The quantitative estimate of drug-likeness (QED) is 0.462. The number of amides is 2. The highest BCUT2D eigenvalue weighted by molar-refractivity contribution is 8.00. The Labute approximate surface area is 230 Å². The Hall–Kier alpha value is -3.24. The van der Waals surface area contributed by atoms with Crippen LogP contribution in [0.5, 0.6) is 0 Å². The molecule has 1 N–H and O–H groups in total. The Morgan fingerprint density at radius 3 is 2.62 bits per heavy atom. The maximum Gasteiger partial charge on any atom is 0.240 e. The Morgan fingerprint density at radius 2 is 1.95 bits per heavy atom. The van der Waals surface area contributed by atoms with Crippen LogP contribution in [0, 0.1) is 11.6 Å². The number of carbonyl (C=O) groups is 2. The minimum atomic E-state index is -0.698. The first-order valence-electron chi connectivity index (χ1n) is 13.1. The molecular formula is C29H32F2N4O3S. The van der Waals surface area contributed by atoms with Gasteiger partial charge < -0.3 is 10.1 Å². The van der Waals surface area contributed by atoms with Crippen LogP contribution in [0.1, 0.15) is 50.0 Å². The lowest BCUT2D eigenvalue weighted by Crippen LogP contribution is -2.45. The van der Waals surface area contributed by atoms with Crippen LogP contribution in [0.25, 0.3) is 11.3 Å². The largest absolute Gasteiger partial charge is 0.376 e. The first-order chi connectivity index (χ1) is 18.6. The maximum absolute atomic E-state index is 15.2. The summed E-state index contributed by atoms with van der Waals surface area (Å²) in [5.74, 6) is -1.53. The van der Waals surface area contributed by atoms with Crippen LogP contribution in [0.3, 0.4) is 0 Å². The van der Waals surface area contributed by atoms with E-state index in [4.69, 9.17) is 9.84 Å². The fourth-order valence-electron chi connectivity index (χ4n) is 4.99. The van der Waals surface area contributed by atoms with Crippen molar-refractivity contribution in [1.29, 1.82) is 0 Å². The summed E-state index contributed by atoms with van der Waals surface area (Å²) in [7, 11) is 0. The van der Waals surface area contributed by atoms with Crippen LogP contribution in [-0.4, -0.2) is 53.1 Å². The first kappa shape index (κ1) is 27.3. The summed E-state index contributed by atoms with van der Waals surface area (Å²) >= 11 is 1.25. The number of nitrogens with one attached hydrogen (secondary N) is 1. The number of hydrogen-bond donors (Lipinski definition) is 1. The van der Waals surface area contributed by atoms with E-state index in [1.165, 1.54) is 28.8 Å². The number of ether oxygens (including phenoxy) is 1. The summed E-state index contributed by atoms with van der Waals surface area (Å²) in [6, 6.07) is 13.0. The number of halogens is 2. The van der Waals surface area contributed by atoms with Crippen molar-refractivity contribution in [2.45, 2.75) is 50.5 Å². The highest BCUT2D eigenvalue weighted by atomic mass is 32.2. The zero-order valence-electron chi connectivity index (χ0n) is 22.2. The molecule has 1 saturated heterocycles. The van der Waals surface area contributed by atoms with Crippen molar-refractivity contribution in [2.24, 2.45) is 0 Å². The zero-order chi connectivity index (χ0) is 27.7. The van der Waals surface area contributed by atoms with Crippen LogP contribution in [0.2, 0.25) is 0 Å². The Morgan fingerprint density at radius 1 is 1.18 bits per heavy atom. The second-order valence-corrected chi connectivity index (χ2v) is 11.9. The minimum Gasteiger partial charge on any atom is -0.376 e. The predicted octanol–water partition coefficient (Wildman–Crippen LogP) is 5.05. The normalized spacial score (nSPS) is 19.6. The van der Waals surface area contributed by atoms with Crippen molar-refractivity contribution in [1.82, 2.24) is 15.1 Å². The van der Waals surface area contributed by atoms with E-state index >= 15 is 4.39 Å². The van der Waals surface area contributed by atoms with E-state index in [1.807, 2.05) is 51.1 Å². The van der Waals surface area contributed by atoms with Crippen molar-refractivity contribution in [3.05, 3.63) is 71.3 Å². The molecule has 3 heterocycles. The second kappa shape index (κ2) is 11.1. The number of rotatable bonds is 6.